The van der Waals surface area contributed by atoms with E-state index in [0.717, 1.165) is 22.5 Å². The first-order valence-electron chi connectivity index (χ1n) is 7.29. The maximum Gasteiger partial charge on any atom is 0.224 e. The van der Waals surface area contributed by atoms with E-state index >= 15 is 0 Å². The highest BCUT2D eigenvalue weighted by Gasteiger charge is 2.09. The number of nitrogen functional groups attached to an aromatic ring is 1. The molecule has 3 heteroatoms. The quantitative estimate of drug-likeness (QED) is 0.815. The fourth-order valence-electron chi connectivity index (χ4n) is 2.33. The van der Waals surface area contributed by atoms with Crippen LogP contribution >= 0.6 is 0 Å². The van der Waals surface area contributed by atoms with Crippen LogP contribution in [0.25, 0.3) is 0 Å². The van der Waals surface area contributed by atoms with Gasteiger partial charge in [0.15, 0.2) is 0 Å². The Bertz CT molecular complexity index is 620. The SMILES string of the molecule is CC(C)c1ccccc1NC(=O)CCc1cccc(N)c1. The maximum atomic E-state index is 12.1. The van der Waals surface area contributed by atoms with Crippen molar-refractivity contribution in [3.63, 3.8) is 0 Å². The normalized spacial score (nSPS) is 10.6. The third-order valence-corrected chi connectivity index (χ3v) is 3.45. The Morgan fingerprint density at radius 3 is 2.62 bits per heavy atom. The number of nitrogens with two attached hydrogens (primary N) is 1. The molecule has 0 heterocycles. The molecule has 0 spiro atoms. The zero-order valence-electron chi connectivity index (χ0n) is 12.6. The zero-order valence-corrected chi connectivity index (χ0v) is 12.6. The van der Waals surface area contributed by atoms with Crippen LogP contribution < -0.4 is 11.1 Å². The average Bonchev–Trinajstić information content (AvgIpc) is 2.45. The van der Waals surface area contributed by atoms with E-state index in [-0.39, 0.29) is 5.91 Å². The summed E-state index contributed by atoms with van der Waals surface area (Å²) in [4.78, 5) is 12.1. The summed E-state index contributed by atoms with van der Waals surface area (Å²) in [5.41, 5.74) is 9.63. The first kappa shape index (κ1) is 15.1. The highest BCUT2D eigenvalue weighted by atomic mass is 16.1. The summed E-state index contributed by atoms with van der Waals surface area (Å²) in [5.74, 6) is 0.418. The molecule has 110 valence electrons. The lowest BCUT2D eigenvalue weighted by Gasteiger charge is -2.13. The monoisotopic (exact) mass is 282 g/mol. The van der Waals surface area contributed by atoms with Crippen molar-refractivity contribution >= 4 is 17.3 Å². The summed E-state index contributed by atoms with van der Waals surface area (Å²) in [6, 6.07) is 15.6. The molecule has 3 nitrogen and oxygen atoms in total. The van der Waals surface area contributed by atoms with Crippen molar-refractivity contribution in [1.82, 2.24) is 0 Å². The molecule has 0 radical (unpaired) electrons. The second-order valence-electron chi connectivity index (χ2n) is 5.54. The minimum absolute atomic E-state index is 0.0329. The van der Waals surface area contributed by atoms with Gasteiger partial charge in [0, 0.05) is 17.8 Å². The van der Waals surface area contributed by atoms with Gasteiger partial charge < -0.3 is 11.1 Å². The number of hydrogen-bond acceptors (Lipinski definition) is 2. The predicted molar refractivity (Wildman–Crippen MR) is 88.3 cm³/mol. The molecule has 0 aliphatic carbocycles. The minimum atomic E-state index is 0.0329. The van der Waals surface area contributed by atoms with E-state index in [0.29, 0.717) is 18.8 Å². The standard InChI is InChI=1S/C18H22N2O/c1-13(2)16-8-3-4-9-17(16)20-18(21)11-10-14-6-5-7-15(19)12-14/h3-9,12-13H,10-11,19H2,1-2H3,(H,20,21). The number of hydrogen-bond donors (Lipinski definition) is 2. The van der Waals surface area contributed by atoms with E-state index in [2.05, 4.69) is 25.2 Å². The third-order valence-electron chi connectivity index (χ3n) is 3.45. The second-order valence-corrected chi connectivity index (χ2v) is 5.54. The number of carbonyl (C=O) groups is 1. The van der Waals surface area contributed by atoms with Gasteiger partial charge in [-0.25, -0.2) is 0 Å². The summed E-state index contributed by atoms with van der Waals surface area (Å²) in [6.45, 7) is 4.25. The van der Waals surface area contributed by atoms with Gasteiger partial charge in [0.05, 0.1) is 0 Å². The zero-order chi connectivity index (χ0) is 15.2. The number of benzene rings is 2. The fourth-order valence-corrected chi connectivity index (χ4v) is 2.33. The molecule has 0 bridgehead atoms. The van der Waals surface area contributed by atoms with E-state index in [1.807, 2.05) is 42.5 Å². The Morgan fingerprint density at radius 1 is 1.14 bits per heavy atom. The summed E-state index contributed by atoms with van der Waals surface area (Å²) in [6.07, 6.45) is 1.15. The fraction of sp³-hybridized carbons (Fsp3) is 0.278. The molecule has 0 saturated heterocycles. The molecule has 1 amide bonds. The minimum Gasteiger partial charge on any atom is -0.399 e. The van der Waals surface area contributed by atoms with Crippen LogP contribution in [-0.2, 0) is 11.2 Å². The van der Waals surface area contributed by atoms with Crippen molar-refractivity contribution in [2.75, 3.05) is 11.1 Å². The van der Waals surface area contributed by atoms with Crippen LogP contribution in [0.15, 0.2) is 48.5 Å². The van der Waals surface area contributed by atoms with Gasteiger partial charge in [-0.05, 0) is 41.7 Å². The summed E-state index contributed by atoms with van der Waals surface area (Å²) in [7, 11) is 0. The van der Waals surface area contributed by atoms with E-state index < -0.39 is 0 Å². The van der Waals surface area contributed by atoms with Gasteiger partial charge >= 0.3 is 0 Å². The molecule has 2 aromatic carbocycles. The van der Waals surface area contributed by atoms with Gasteiger partial charge in [-0.1, -0.05) is 44.2 Å². The predicted octanol–water partition coefficient (Wildman–Crippen LogP) is 3.96. The first-order valence-corrected chi connectivity index (χ1v) is 7.29. The van der Waals surface area contributed by atoms with Gasteiger partial charge in [-0.3, -0.25) is 4.79 Å². The molecule has 0 saturated carbocycles. The van der Waals surface area contributed by atoms with Crippen LogP contribution in [0.5, 0.6) is 0 Å². The van der Waals surface area contributed by atoms with Crippen molar-refractivity contribution in [2.24, 2.45) is 0 Å². The molecular weight excluding hydrogens is 260 g/mol. The highest BCUT2D eigenvalue weighted by Crippen LogP contribution is 2.23. The lowest BCUT2D eigenvalue weighted by Crippen LogP contribution is -2.14. The summed E-state index contributed by atoms with van der Waals surface area (Å²) in [5, 5.41) is 3.01. The lowest BCUT2D eigenvalue weighted by molar-refractivity contribution is -0.116. The third kappa shape index (κ3) is 4.35. The summed E-state index contributed by atoms with van der Waals surface area (Å²) < 4.78 is 0. The smallest absolute Gasteiger partial charge is 0.224 e. The van der Waals surface area contributed by atoms with Crippen molar-refractivity contribution in [1.29, 1.82) is 0 Å². The van der Waals surface area contributed by atoms with E-state index in [1.54, 1.807) is 0 Å². The Morgan fingerprint density at radius 2 is 1.90 bits per heavy atom. The van der Waals surface area contributed by atoms with Crippen LogP contribution in [0.2, 0.25) is 0 Å². The van der Waals surface area contributed by atoms with Crippen LogP contribution in [0.3, 0.4) is 0 Å². The van der Waals surface area contributed by atoms with E-state index in [9.17, 15) is 4.79 Å². The van der Waals surface area contributed by atoms with Gasteiger partial charge in [0.2, 0.25) is 5.91 Å². The lowest BCUT2D eigenvalue weighted by atomic mass is 10.0. The molecule has 0 atom stereocenters. The molecule has 2 rings (SSSR count). The van der Waals surface area contributed by atoms with Gasteiger partial charge in [-0.15, -0.1) is 0 Å². The van der Waals surface area contributed by atoms with Crippen LogP contribution in [0, 0.1) is 0 Å². The average molecular weight is 282 g/mol. The van der Waals surface area contributed by atoms with Crippen LogP contribution in [0.1, 0.15) is 37.3 Å². The largest absolute Gasteiger partial charge is 0.399 e. The number of anilines is 2. The summed E-state index contributed by atoms with van der Waals surface area (Å²) >= 11 is 0. The number of amides is 1. The van der Waals surface area contributed by atoms with Gasteiger partial charge in [0.25, 0.3) is 0 Å². The Balaban J connectivity index is 1.96. The number of carbonyl (C=O) groups excluding carboxylic acids is 1. The van der Waals surface area contributed by atoms with Gasteiger partial charge in [0.1, 0.15) is 0 Å². The highest BCUT2D eigenvalue weighted by molar-refractivity contribution is 5.91. The van der Waals surface area contributed by atoms with Crippen LogP contribution in [0.4, 0.5) is 11.4 Å². The Hall–Kier alpha value is -2.29. The second kappa shape index (κ2) is 6.93. The van der Waals surface area contributed by atoms with Crippen molar-refractivity contribution in [3.8, 4) is 0 Å². The molecule has 0 aromatic heterocycles. The molecule has 0 fully saturated rings. The van der Waals surface area contributed by atoms with Crippen molar-refractivity contribution in [2.45, 2.75) is 32.6 Å². The first-order chi connectivity index (χ1) is 10.1. The molecular formula is C18H22N2O. The van der Waals surface area contributed by atoms with Gasteiger partial charge in [-0.2, -0.15) is 0 Å². The molecule has 0 aliphatic rings. The van der Waals surface area contributed by atoms with Crippen molar-refractivity contribution < 1.29 is 4.79 Å². The molecule has 0 unspecified atom stereocenters. The number of nitrogens with one attached hydrogen (secondary N) is 1. The van der Waals surface area contributed by atoms with Crippen LogP contribution in [-0.4, -0.2) is 5.91 Å². The molecule has 0 aliphatic heterocycles. The van der Waals surface area contributed by atoms with E-state index in [1.165, 1.54) is 0 Å². The Kier molecular flexibility index (Phi) is 4.99. The topological polar surface area (TPSA) is 55.1 Å². The number of aryl methyl sites for hydroxylation is 1. The molecule has 2 aromatic rings. The molecule has 3 N–H and O–H groups in total. The van der Waals surface area contributed by atoms with E-state index in [4.69, 9.17) is 5.73 Å². The van der Waals surface area contributed by atoms with Crippen molar-refractivity contribution in [3.05, 3.63) is 59.7 Å². The number of rotatable bonds is 5. The maximum absolute atomic E-state index is 12.1. The molecule has 21 heavy (non-hydrogen) atoms. The number of para-hydroxylation sites is 1. The Labute approximate surface area is 126 Å².